The number of β-lactam (4-membered cyclic amide) rings is 1. The number of rotatable bonds is 10. The molecule has 3 aliphatic rings. The van der Waals surface area contributed by atoms with E-state index in [0.717, 1.165) is 11.3 Å². The molecule has 41 heavy (non-hydrogen) atoms. The van der Waals surface area contributed by atoms with E-state index in [9.17, 15) is 19.2 Å². The van der Waals surface area contributed by atoms with Crippen molar-refractivity contribution in [3.63, 3.8) is 0 Å². The number of nitrogens with two attached hydrogens (primary N) is 1. The minimum Gasteiger partial charge on any atom is -0.427 e. The van der Waals surface area contributed by atoms with Gasteiger partial charge in [-0.05, 0) is 20.8 Å². The van der Waals surface area contributed by atoms with Crippen LogP contribution in [0.2, 0.25) is 0 Å². The Morgan fingerprint density at radius 1 is 1.27 bits per heavy atom. The molecule has 4 rings (SSSR count). The Bertz CT molecular complexity index is 1240. The number of nitrogen functional groups attached to an aromatic ring is 1. The topological polar surface area (TPSA) is 181 Å². The van der Waals surface area contributed by atoms with Gasteiger partial charge in [0.15, 0.2) is 10.8 Å². The van der Waals surface area contributed by atoms with E-state index < -0.39 is 47.4 Å². The van der Waals surface area contributed by atoms with Gasteiger partial charge < -0.3 is 34.8 Å². The molecular formula is C24H31N5O9S3. The van der Waals surface area contributed by atoms with E-state index in [-0.39, 0.29) is 34.9 Å². The van der Waals surface area contributed by atoms with Crippen molar-refractivity contribution in [2.45, 2.75) is 32.2 Å². The lowest BCUT2D eigenvalue weighted by molar-refractivity contribution is -0.173. The first-order chi connectivity index (χ1) is 19.5. The lowest BCUT2D eigenvalue weighted by atomic mass is 9.98. The van der Waals surface area contributed by atoms with Crippen LogP contribution in [0.25, 0.3) is 0 Å². The van der Waals surface area contributed by atoms with Gasteiger partial charge in [0.1, 0.15) is 36.7 Å². The maximum atomic E-state index is 13.3. The van der Waals surface area contributed by atoms with Gasteiger partial charge in [-0.15, -0.1) is 34.9 Å². The highest BCUT2D eigenvalue weighted by atomic mass is 32.2. The number of carbonyl (C=O) groups is 4. The fraction of sp³-hybridized carbons (Fsp3) is 0.583. The summed E-state index contributed by atoms with van der Waals surface area (Å²) in [4.78, 5) is 62.5. The molecule has 2 atom stereocenters. The summed E-state index contributed by atoms with van der Waals surface area (Å²) >= 11 is 3.92. The summed E-state index contributed by atoms with van der Waals surface area (Å²) in [6, 6.07) is -0.946. The van der Waals surface area contributed by atoms with Crippen LogP contribution in [0.15, 0.2) is 21.1 Å². The number of amides is 2. The Kier molecular flexibility index (Phi) is 10.2. The minimum absolute atomic E-state index is 0.0526. The summed E-state index contributed by atoms with van der Waals surface area (Å²) < 4.78 is 21.1. The average molecular weight is 630 g/mol. The van der Waals surface area contributed by atoms with Gasteiger partial charge in [-0.3, -0.25) is 19.3 Å². The van der Waals surface area contributed by atoms with Crippen LogP contribution in [0.3, 0.4) is 0 Å². The van der Waals surface area contributed by atoms with Gasteiger partial charge in [0.25, 0.3) is 11.8 Å². The molecule has 0 radical (unpaired) electrons. The number of esters is 2. The van der Waals surface area contributed by atoms with Crippen LogP contribution in [0.4, 0.5) is 5.13 Å². The van der Waals surface area contributed by atoms with E-state index >= 15 is 0 Å². The second kappa shape index (κ2) is 13.4. The third-order valence-corrected chi connectivity index (χ3v) is 9.40. The Balaban J connectivity index is 1.49. The first kappa shape index (κ1) is 31.1. The smallest absolute Gasteiger partial charge is 0.358 e. The Hall–Kier alpha value is -2.86. The Morgan fingerprint density at radius 2 is 2.00 bits per heavy atom. The highest BCUT2D eigenvalue weighted by Gasteiger charge is 2.55. The number of thiazole rings is 1. The zero-order valence-electron chi connectivity index (χ0n) is 22.9. The maximum absolute atomic E-state index is 13.3. The maximum Gasteiger partial charge on any atom is 0.358 e. The van der Waals surface area contributed by atoms with Crippen molar-refractivity contribution < 1.29 is 43.0 Å². The van der Waals surface area contributed by atoms with Crippen LogP contribution in [-0.2, 0) is 43.0 Å². The van der Waals surface area contributed by atoms with Crippen molar-refractivity contribution in [2.24, 2.45) is 16.5 Å². The number of thioether (sulfide) groups is 2. The molecule has 224 valence electrons. The SMILES string of the molecule is CON=C(C(=O)NC1C(=O)N2C(C(=O)OCOC(=O)C(C)(C)C)=C(SCC3COCOC3)CS[C@@H]12)c1csc(N)n1. The number of carbonyl (C=O) groups excluding carboxylic acids is 4. The van der Waals surface area contributed by atoms with Crippen LogP contribution in [-0.4, -0.2) is 96.2 Å². The number of hydrogen-bond donors (Lipinski definition) is 2. The number of aromatic nitrogens is 1. The molecule has 3 N–H and O–H groups in total. The lowest BCUT2D eigenvalue weighted by Crippen LogP contribution is -2.71. The quantitative estimate of drug-likeness (QED) is 0.124. The largest absolute Gasteiger partial charge is 0.427 e. The van der Waals surface area contributed by atoms with Crippen LogP contribution < -0.4 is 11.1 Å². The van der Waals surface area contributed by atoms with Crippen LogP contribution in [0.5, 0.6) is 0 Å². The first-order valence-corrected chi connectivity index (χ1v) is 15.4. The molecule has 0 bridgehead atoms. The molecule has 17 heteroatoms. The fourth-order valence-electron chi connectivity index (χ4n) is 3.87. The predicted molar refractivity (Wildman–Crippen MR) is 151 cm³/mol. The van der Waals surface area contributed by atoms with E-state index in [1.54, 1.807) is 26.2 Å². The van der Waals surface area contributed by atoms with E-state index in [4.69, 9.17) is 29.5 Å². The summed E-state index contributed by atoms with van der Waals surface area (Å²) in [5, 5.41) is 7.62. The van der Waals surface area contributed by atoms with E-state index in [0.29, 0.717) is 29.6 Å². The lowest BCUT2D eigenvalue weighted by Gasteiger charge is -2.49. The molecule has 3 aliphatic heterocycles. The van der Waals surface area contributed by atoms with Crippen molar-refractivity contribution in [1.29, 1.82) is 0 Å². The van der Waals surface area contributed by atoms with Crippen LogP contribution >= 0.6 is 34.9 Å². The molecule has 1 aromatic rings. The summed E-state index contributed by atoms with van der Waals surface area (Å²) in [5.41, 5.74) is 5.02. The van der Waals surface area contributed by atoms with Crippen molar-refractivity contribution in [3.8, 4) is 0 Å². The summed E-state index contributed by atoms with van der Waals surface area (Å²) in [6.07, 6.45) is 0. The van der Waals surface area contributed by atoms with Crippen LogP contribution in [0, 0.1) is 11.3 Å². The van der Waals surface area contributed by atoms with Gasteiger partial charge in [0, 0.05) is 27.7 Å². The number of nitrogens with zero attached hydrogens (tertiary/aromatic N) is 3. The zero-order valence-corrected chi connectivity index (χ0v) is 25.3. The van der Waals surface area contributed by atoms with Crippen molar-refractivity contribution in [2.75, 3.05) is 51.1 Å². The molecule has 0 saturated carbocycles. The molecule has 2 fully saturated rings. The molecule has 4 heterocycles. The summed E-state index contributed by atoms with van der Waals surface area (Å²) in [6.45, 7) is 5.71. The van der Waals surface area contributed by atoms with Crippen molar-refractivity contribution in [1.82, 2.24) is 15.2 Å². The number of fused-ring (bicyclic) bond motifs is 1. The number of oxime groups is 1. The van der Waals surface area contributed by atoms with Gasteiger partial charge in [-0.25, -0.2) is 9.78 Å². The predicted octanol–water partition coefficient (Wildman–Crippen LogP) is 1.13. The second-order valence-corrected chi connectivity index (χ2v) is 13.2. The van der Waals surface area contributed by atoms with E-state index in [2.05, 4.69) is 15.5 Å². The molecule has 2 saturated heterocycles. The third kappa shape index (κ3) is 7.32. The number of nitrogens with one attached hydrogen (secondary N) is 1. The Labute approximate surface area is 248 Å². The average Bonchev–Trinajstić information content (AvgIpc) is 3.38. The normalized spacial score (nSPS) is 21.6. The second-order valence-electron chi connectivity index (χ2n) is 10.1. The zero-order chi connectivity index (χ0) is 29.7. The highest BCUT2D eigenvalue weighted by molar-refractivity contribution is 8.06. The van der Waals surface area contributed by atoms with Gasteiger partial charge >= 0.3 is 11.9 Å². The Morgan fingerprint density at radius 3 is 2.63 bits per heavy atom. The van der Waals surface area contributed by atoms with Gasteiger partial charge in [-0.1, -0.05) is 5.16 Å². The summed E-state index contributed by atoms with van der Waals surface area (Å²) in [7, 11) is 1.28. The van der Waals surface area contributed by atoms with Gasteiger partial charge in [0.2, 0.25) is 6.79 Å². The molecule has 2 amide bonds. The van der Waals surface area contributed by atoms with Gasteiger partial charge in [0.05, 0.1) is 18.6 Å². The molecule has 1 unspecified atom stereocenters. The molecule has 0 aliphatic carbocycles. The van der Waals surface area contributed by atoms with Crippen LogP contribution in [0.1, 0.15) is 26.5 Å². The monoisotopic (exact) mass is 629 g/mol. The van der Waals surface area contributed by atoms with Crippen molar-refractivity contribution >= 4 is 69.5 Å². The molecule has 1 aromatic heterocycles. The number of anilines is 1. The highest BCUT2D eigenvalue weighted by Crippen LogP contribution is 2.44. The van der Waals surface area contributed by atoms with Gasteiger partial charge in [-0.2, -0.15) is 0 Å². The third-order valence-electron chi connectivity index (χ3n) is 5.93. The number of hydrogen-bond acceptors (Lipinski definition) is 15. The molecular weight excluding hydrogens is 598 g/mol. The van der Waals surface area contributed by atoms with E-state index in [1.807, 2.05) is 0 Å². The van der Waals surface area contributed by atoms with E-state index in [1.165, 1.54) is 35.5 Å². The molecule has 14 nitrogen and oxygen atoms in total. The minimum atomic E-state index is -0.946. The first-order valence-electron chi connectivity index (χ1n) is 12.4. The summed E-state index contributed by atoms with van der Waals surface area (Å²) in [5.74, 6) is -1.47. The number of ether oxygens (including phenoxy) is 4. The molecule has 0 aromatic carbocycles. The fourth-order valence-corrected chi connectivity index (χ4v) is 7.09. The molecule has 0 spiro atoms. The van der Waals surface area contributed by atoms with Crippen molar-refractivity contribution in [3.05, 3.63) is 21.7 Å². The standard InChI is InChI=1S/C24H31N5O9S3/c1-24(2,3)22(33)38-11-37-21(32)17-14(39-7-12-5-35-10-36-6-12)9-40-20-16(19(31)29(17)20)27-18(30)15(28-34-4)13-8-41-23(25)26-13/h8,12,16,20H,5-7,9-11H2,1-4H3,(H2,25,26)(H,27,30)/t16?,20-/m0/s1.